The third kappa shape index (κ3) is 3.27. The topological polar surface area (TPSA) is 29.3 Å². The lowest BCUT2D eigenvalue weighted by Crippen LogP contribution is -2.20. The van der Waals surface area contributed by atoms with Crippen LogP contribution in [0.3, 0.4) is 0 Å². The van der Waals surface area contributed by atoms with E-state index in [1.54, 1.807) is 0 Å². The van der Waals surface area contributed by atoms with Gasteiger partial charge in [0.05, 0.1) is 0 Å². The zero-order valence-electron chi connectivity index (χ0n) is 9.61. The van der Waals surface area contributed by atoms with Gasteiger partial charge in [-0.3, -0.25) is 0 Å². The average Bonchev–Trinajstić information content (AvgIpc) is 2.70. The van der Waals surface area contributed by atoms with Crippen LogP contribution in [0.25, 0.3) is 0 Å². The Kier molecular flexibility index (Phi) is 6.81. The molecule has 4 heteroatoms. The second-order valence-electron chi connectivity index (χ2n) is 4.03. The van der Waals surface area contributed by atoms with E-state index >= 15 is 0 Å². The minimum atomic E-state index is 0. The van der Waals surface area contributed by atoms with Crippen LogP contribution in [-0.2, 0) is 6.54 Å². The van der Waals surface area contributed by atoms with Crippen LogP contribution in [0.15, 0.2) is 18.2 Å². The zero-order valence-corrected chi connectivity index (χ0v) is 11.2. The van der Waals surface area contributed by atoms with Crippen LogP contribution in [0.4, 0.5) is 5.69 Å². The average molecular weight is 263 g/mol. The van der Waals surface area contributed by atoms with Crippen LogP contribution in [0.1, 0.15) is 24.0 Å². The van der Waals surface area contributed by atoms with Crippen molar-refractivity contribution < 1.29 is 0 Å². The molecule has 1 saturated heterocycles. The Balaban J connectivity index is 0.00000112. The number of hydrogen-bond donors (Lipinski definition) is 1. The number of anilines is 1. The molecule has 1 heterocycles. The molecule has 1 aromatic rings. The van der Waals surface area contributed by atoms with Gasteiger partial charge in [0, 0.05) is 25.3 Å². The highest BCUT2D eigenvalue weighted by molar-refractivity contribution is 5.85. The quantitative estimate of drug-likeness (QED) is 0.889. The molecule has 0 spiro atoms. The van der Waals surface area contributed by atoms with Gasteiger partial charge in [-0.1, -0.05) is 12.1 Å². The molecular weight excluding hydrogens is 243 g/mol. The van der Waals surface area contributed by atoms with Gasteiger partial charge in [0.1, 0.15) is 0 Å². The summed E-state index contributed by atoms with van der Waals surface area (Å²) in [5, 5.41) is 0. The Bertz CT molecular complexity index is 323. The fourth-order valence-corrected chi connectivity index (χ4v) is 2.10. The summed E-state index contributed by atoms with van der Waals surface area (Å²) in [6.45, 7) is 5.17. The van der Waals surface area contributed by atoms with Crippen molar-refractivity contribution in [3.63, 3.8) is 0 Å². The van der Waals surface area contributed by atoms with Crippen LogP contribution >= 0.6 is 24.8 Å². The standard InChI is InChI=1S/C12H18N2.2ClH/c1-10-4-5-11(9-13)12(8-10)14-6-2-3-7-14;;/h4-5,8H,2-3,6-7,9,13H2,1H3;2*1H. The molecule has 0 atom stereocenters. The second kappa shape index (κ2) is 7.00. The van der Waals surface area contributed by atoms with Gasteiger partial charge in [-0.25, -0.2) is 0 Å². The van der Waals surface area contributed by atoms with E-state index in [4.69, 9.17) is 5.73 Å². The van der Waals surface area contributed by atoms with Crippen molar-refractivity contribution in [2.45, 2.75) is 26.3 Å². The first kappa shape index (κ1) is 15.6. The van der Waals surface area contributed by atoms with Crippen molar-refractivity contribution in [1.82, 2.24) is 0 Å². The number of halogens is 2. The van der Waals surface area contributed by atoms with E-state index in [0.29, 0.717) is 6.54 Å². The summed E-state index contributed by atoms with van der Waals surface area (Å²) in [5.41, 5.74) is 9.69. The normalized spacial score (nSPS) is 14.2. The van der Waals surface area contributed by atoms with Gasteiger partial charge < -0.3 is 10.6 Å². The summed E-state index contributed by atoms with van der Waals surface area (Å²) in [5.74, 6) is 0. The molecule has 0 amide bonds. The highest BCUT2D eigenvalue weighted by Gasteiger charge is 2.14. The number of hydrogen-bond acceptors (Lipinski definition) is 2. The summed E-state index contributed by atoms with van der Waals surface area (Å²) in [7, 11) is 0. The molecule has 2 nitrogen and oxygen atoms in total. The van der Waals surface area contributed by atoms with Gasteiger partial charge in [0.25, 0.3) is 0 Å². The first-order valence-electron chi connectivity index (χ1n) is 5.36. The summed E-state index contributed by atoms with van der Waals surface area (Å²) < 4.78 is 0. The van der Waals surface area contributed by atoms with Crippen molar-refractivity contribution in [1.29, 1.82) is 0 Å². The van der Waals surface area contributed by atoms with E-state index in [2.05, 4.69) is 30.0 Å². The van der Waals surface area contributed by atoms with Crippen LogP contribution < -0.4 is 10.6 Å². The minimum absolute atomic E-state index is 0. The lowest BCUT2D eigenvalue weighted by atomic mass is 10.1. The second-order valence-corrected chi connectivity index (χ2v) is 4.03. The van der Waals surface area contributed by atoms with Crippen LogP contribution in [-0.4, -0.2) is 13.1 Å². The van der Waals surface area contributed by atoms with E-state index in [-0.39, 0.29) is 24.8 Å². The monoisotopic (exact) mass is 262 g/mol. The highest BCUT2D eigenvalue weighted by atomic mass is 35.5. The molecule has 16 heavy (non-hydrogen) atoms. The van der Waals surface area contributed by atoms with Crippen molar-refractivity contribution in [2.24, 2.45) is 5.73 Å². The highest BCUT2D eigenvalue weighted by Crippen LogP contribution is 2.25. The Morgan fingerprint density at radius 2 is 1.81 bits per heavy atom. The van der Waals surface area contributed by atoms with E-state index in [0.717, 1.165) is 0 Å². The Labute approximate surface area is 110 Å². The first-order chi connectivity index (χ1) is 6.81. The summed E-state index contributed by atoms with van der Waals surface area (Å²) in [6.07, 6.45) is 2.63. The maximum atomic E-state index is 5.74. The molecule has 1 aliphatic heterocycles. The molecule has 1 fully saturated rings. The summed E-state index contributed by atoms with van der Waals surface area (Å²) >= 11 is 0. The predicted molar refractivity (Wildman–Crippen MR) is 75.0 cm³/mol. The largest absolute Gasteiger partial charge is 0.371 e. The first-order valence-corrected chi connectivity index (χ1v) is 5.36. The van der Waals surface area contributed by atoms with Gasteiger partial charge in [-0.2, -0.15) is 0 Å². The van der Waals surface area contributed by atoms with Crippen molar-refractivity contribution in [3.8, 4) is 0 Å². The fourth-order valence-electron chi connectivity index (χ4n) is 2.10. The smallest absolute Gasteiger partial charge is 0.0414 e. The summed E-state index contributed by atoms with van der Waals surface area (Å²) in [6, 6.07) is 6.55. The van der Waals surface area contributed by atoms with Gasteiger partial charge >= 0.3 is 0 Å². The van der Waals surface area contributed by atoms with Crippen molar-refractivity contribution in [3.05, 3.63) is 29.3 Å². The molecule has 0 saturated carbocycles. The number of aryl methyl sites for hydroxylation is 1. The van der Waals surface area contributed by atoms with Gasteiger partial charge in [0.15, 0.2) is 0 Å². The van der Waals surface area contributed by atoms with Gasteiger partial charge in [0.2, 0.25) is 0 Å². The van der Waals surface area contributed by atoms with E-state index in [1.165, 1.54) is 42.7 Å². The van der Waals surface area contributed by atoms with E-state index in [1.807, 2.05) is 0 Å². The third-order valence-electron chi connectivity index (χ3n) is 2.91. The van der Waals surface area contributed by atoms with E-state index in [9.17, 15) is 0 Å². The number of benzene rings is 1. The minimum Gasteiger partial charge on any atom is -0.371 e. The molecule has 0 unspecified atom stereocenters. The Morgan fingerprint density at radius 1 is 1.19 bits per heavy atom. The zero-order chi connectivity index (χ0) is 9.97. The molecule has 0 aromatic heterocycles. The Hall–Kier alpha value is -0.440. The van der Waals surface area contributed by atoms with Crippen molar-refractivity contribution in [2.75, 3.05) is 18.0 Å². The number of rotatable bonds is 2. The fraction of sp³-hybridized carbons (Fsp3) is 0.500. The lowest BCUT2D eigenvalue weighted by molar-refractivity contribution is 0.938. The molecule has 0 bridgehead atoms. The maximum Gasteiger partial charge on any atom is 0.0414 e. The predicted octanol–water partition coefficient (Wildman–Crippen LogP) is 2.90. The molecule has 0 radical (unpaired) electrons. The van der Waals surface area contributed by atoms with Crippen LogP contribution in [0.5, 0.6) is 0 Å². The number of nitrogens with two attached hydrogens (primary N) is 1. The molecule has 1 aliphatic rings. The lowest BCUT2D eigenvalue weighted by Gasteiger charge is -2.21. The van der Waals surface area contributed by atoms with Gasteiger partial charge in [-0.05, 0) is 37.0 Å². The van der Waals surface area contributed by atoms with Crippen LogP contribution in [0, 0.1) is 6.92 Å². The summed E-state index contributed by atoms with van der Waals surface area (Å²) in [4.78, 5) is 2.45. The molecule has 92 valence electrons. The molecule has 0 aliphatic carbocycles. The molecule has 2 N–H and O–H groups in total. The van der Waals surface area contributed by atoms with Crippen LogP contribution in [0.2, 0.25) is 0 Å². The molecule has 1 aromatic carbocycles. The molecular formula is C12H20Cl2N2. The SMILES string of the molecule is Cc1ccc(CN)c(N2CCCC2)c1.Cl.Cl. The Morgan fingerprint density at radius 3 is 2.38 bits per heavy atom. The van der Waals surface area contributed by atoms with Crippen molar-refractivity contribution >= 4 is 30.5 Å². The number of nitrogens with zero attached hydrogens (tertiary/aromatic N) is 1. The molecule has 2 rings (SSSR count). The van der Waals surface area contributed by atoms with E-state index < -0.39 is 0 Å². The maximum absolute atomic E-state index is 5.74. The third-order valence-corrected chi connectivity index (χ3v) is 2.91. The van der Waals surface area contributed by atoms with Gasteiger partial charge in [-0.15, -0.1) is 24.8 Å².